The molecule has 0 radical (unpaired) electrons. The standard InChI is InChI=1S/C15H24N2O/c1-11-6-5-7-12(2)14(11)15-13(10-16-3)18-9-8-17(15)4/h5-7,13,15-16H,8-10H2,1-4H3. The van der Waals surface area contributed by atoms with Gasteiger partial charge in [-0.05, 0) is 44.6 Å². The number of benzene rings is 1. The normalized spacial score (nSPS) is 25.3. The van der Waals surface area contributed by atoms with Crippen LogP contribution in [0, 0.1) is 13.8 Å². The lowest BCUT2D eigenvalue weighted by molar-refractivity contribution is -0.0610. The predicted molar refractivity (Wildman–Crippen MR) is 75.0 cm³/mol. The fraction of sp³-hybridized carbons (Fsp3) is 0.600. The molecule has 0 saturated carbocycles. The molecule has 2 atom stereocenters. The Morgan fingerprint density at radius 3 is 2.61 bits per heavy atom. The molecule has 2 rings (SSSR count). The zero-order chi connectivity index (χ0) is 13.1. The number of nitrogens with zero attached hydrogens (tertiary/aromatic N) is 1. The van der Waals surface area contributed by atoms with Gasteiger partial charge in [0.25, 0.3) is 0 Å². The minimum Gasteiger partial charge on any atom is -0.374 e. The van der Waals surface area contributed by atoms with Crippen LogP contribution in [0.4, 0.5) is 0 Å². The van der Waals surface area contributed by atoms with Gasteiger partial charge in [0.15, 0.2) is 0 Å². The second-order valence-corrected chi connectivity index (χ2v) is 5.20. The summed E-state index contributed by atoms with van der Waals surface area (Å²) in [5, 5.41) is 3.24. The molecule has 1 aliphatic rings. The van der Waals surface area contributed by atoms with Gasteiger partial charge >= 0.3 is 0 Å². The maximum Gasteiger partial charge on any atom is 0.0896 e. The van der Waals surface area contributed by atoms with Gasteiger partial charge in [0.1, 0.15) is 0 Å². The zero-order valence-electron chi connectivity index (χ0n) is 11.9. The molecule has 1 saturated heterocycles. The van der Waals surface area contributed by atoms with Gasteiger partial charge in [0, 0.05) is 13.1 Å². The fourth-order valence-electron chi connectivity index (χ4n) is 2.93. The molecule has 3 nitrogen and oxygen atoms in total. The van der Waals surface area contributed by atoms with Gasteiger partial charge in [-0.1, -0.05) is 18.2 Å². The molecule has 1 fully saturated rings. The number of hydrogen-bond acceptors (Lipinski definition) is 3. The minimum atomic E-state index is 0.230. The summed E-state index contributed by atoms with van der Waals surface area (Å²) in [7, 11) is 4.18. The van der Waals surface area contributed by atoms with Crippen LogP contribution in [0.25, 0.3) is 0 Å². The van der Waals surface area contributed by atoms with Crippen LogP contribution >= 0.6 is 0 Å². The van der Waals surface area contributed by atoms with Crippen LogP contribution in [-0.4, -0.2) is 44.8 Å². The zero-order valence-corrected chi connectivity index (χ0v) is 11.9. The largest absolute Gasteiger partial charge is 0.374 e. The summed E-state index contributed by atoms with van der Waals surface area (Å²) in [6, 6.07) is 6.88. The average Bonchev–Trinajstić information content (AvgIpc) is 2.32. The Kier molecular flexibility index (Phi) is 4.38. The molecule has 100 valence electrons. The van der Waals surface area contributed by atoms with Gasteiger partial charge in [0.2, 0.25) is 0 Å². The molecular formula is C15H24N2O. The highest BCUT2D eigenvalue weighted by molar-refractivity contribution is 5.37. The molecule has 0 aliphatic carbocycles. The van der Waals surface area contributed by atoms with E-state index < -0.39 is 0 Å². The molecule has 1 aromatic rings. The summed E-state index contributed by atoms with van der Waals surface area (Å²) in [5.41, 5.74) is 4.15. The third kappa shape index (κ3) is 2.58. The van der Waals surface area contributed by atoms with Gasteiger partial charge in [-0.15, -0.1) is 0 Å². The van der Waals surface area contributed by atoms with Gasteiger partial charge in [-0.25, -0.2) is 0 Å². The number of hydrogen-bond donors (Lipinski definition) is 1. The number of likely N-dealkylation sites (N-methyl/N-ethyl adjacent to an activating group) is 2. The first-order chi connectivity index (χ1) is 8.65. The van der Waals surface area contributed by atoms with Crippen molar-refractivity contribution in [2.75, 3.05) is 33.8 Å². The molecule has 0 aromatic heterocycles. The van der Waals surface area contributed by atoms with E-state index >= 15 is 0 Å². The van der Waals surface area contributed by atoms with Gasteiger partial charge in [0.05, 0.1) is 18.8 Å². The van der Waals surface area contributed by atoms with E-state index in [-0.39, 0.29) is 6.10 Å². The van der Waals surface area contributed by atoms with E-state index in [1.54, 1.807) is 0 Å². The van der Waals surface area contributed by atoms with E-state index in [1.807, 2.05) is 7.05 Å². The summed E-state index contributed by atoms with van der Waals surface area (Å²) in [4.78, 5) is 2.42. The van der Waals surface area contributed by atoms with Crippen molar-refractivity contribution in [3.05, 3.63) is 34.9 Å². The molecule has 0 amide bonds. The fourth-order valence-corrected chi connectivity index (χ4v) is 2.93. The number of aryl methyl sites for hydroxylation is 2. The highest BCUT2D eigenvalue weighted by atomic mass is 16.5. The smallest absolute Gasteiger partial charge is 0.0896 e. The second-order valence-electron chi connectivity index (χ2n) is 5.20. The van der Waals surface area contributed by atoms with E-state index in [0.717, 1.165) is 19.7 Å². The lowest BCUT2D eigenvalue weighted by Gasteiger charge is -2.40. The van der Waals surface area contributed by atoms with Crippen LogP contribution in [0.3, 0.4) is 0 Å². The van der Waals surface area contributed by atoms with E-state index in [2.05, 4.69) is 49.3 Å². The summed E-state index contributed by atoms with van der Waals surface area (Å²) in [6.45, 7) is 7.11. The second kappa shape index (κ2) is 5.83. The van der Waals surface area contributed by atoms with Crippen LogP contribution < -0.4 is 5.32 Å². The first-order valence-corrected chi connectivity index (χ1v) is 6.67. The van der Waals surface area contributed by atoms with Crippen molar-refractivity contribution in [1.29, 1.82) is 0 Å². The van der Waals surface area contributed by atoms with Gasteiger partial charge in [-0.2, -0.15) is 0 Å². The SMILES string of the molecule is CNCC1OCCN(C)C1c1c(C)cccc1C. The van der Waals surface area contributed by atoms with Crippen molar-refractivity contribution in [3.8, 4) is 0 Å². The first-order valence-electron chi connectivity index (χ1n) is 6.67. The number of nitrogens with one attached hydrogen (secondary N) is 1. The summed E-state index contributed by atoms with van der Waals surface area (Å²) < 4.78 is 5.96. The van der Waals surface area contributed by atoms with Crippen LogP contribution in [0.1, 0.15) is 22.7 Å². The Morgan fingerprint density at radius 1 is 1.33 bits per heavy atom. The Balaban J connectivity index is 2.37. The molecule has 1 N–H and O–H groups in total. The van der Waals surface area contributed by atoms with E-state index in [9.17, 15) is 0 Å². The first kappa shape index (κ1) is 13.5. The summed E-state index contributed by atoms with van der Waals surface area (Å²) >= 11 is 0. The van der Waals surface area contributed by atoms with Crippen LogP contribution in [0.15, 0.2) is 18.2 Å². The van der Waals surface area contributed by atoms with Crippen molar-refractivity contribution in [2.24, 2.45) is 0 Å². The maximum absolute atomic E-state index is 5.96. The maximum atomic E-state index is 5.96. The van der Waals surface area contributed by atoms with Crippen LogP contribution in [-0.2, 0) is 4.74 Å². The third-order valence-electron chi connectivity index (χ3n) is 3.85. The molecule has 18 heavy (non-hydrogen) atoms. The predicted octanol–water partition coefficient (Wildman–Crippen LogP) is 1.89. The highest BCUT2D eigenvalue weighted by Gasteiger charge is 2.32. The Hall–Kier alpha value is -0.900. The number of morpholine rings is 1. The average molecular weight is 248 g/mol. The molecule has 1 heterocycles. The molecule has 0 bridgehead atoms. The molecule has 0 spiro atoms. The monoisotopic (exact) mass is 248 g/mol. The van der Waals surface area contributed by atoms with E-state index in [1.165, 1.54) is 16.7 Å². The number of ether oxygens (including phenoxy) is 1. The third-order valence-corrected chi connectivity index (χ3v) is 3.85. The van der Waals surface area contributed by atoms with E-state index in [0.29, 0.717) is 6.04 Å². The Bertz CT molecular complexity index is 383. The minimum absolute atomic E-state index is 0.230. The van der Waals surface area contributed by atoms with Gasteiger partial charge in [-0.3, -0.25) is 4.90 Å². The highest BCUT2D eigenvalue weighted by Crippen LogP contribution is 2.32. The quantitative estimate of drug-likeness (QED) is 0.884. The molecular weight excluding hydrogens is 224 g/mol. The van der Waals surface area contributed by atoms with Crippen molar-refractivity contribution in [2.45, 2.75) is 26.0 Å². The molecule has 1 aromatic carbocycles. The molecule has 3 heteroatoms. The van der Waals surface area contributed by atoms with Crippen molar-refractivity contribution < 1.29 is 4.74 Å². The van der Waals surface area contributed by atoms with Crippen molar-refractivity contribution >= 4 is 0 Å². The van der Waals surface area contributed by atoms with Crippen LogP contribution in [0.5, 0.6) is 0 Å². The molecule has 1 aliphatic heterocycles. The Morgan fingerprint density at radius 2 is 2.00 bits per heavy atom. The Labute approximate surface area is 110 Å². The molecule has 2 unspecified atom stereocenters. The lowest BCUT2D eigenvalue weighted by atomic mass is 9.91. The lowest BCUT2D eigenvalue weighted by Crippen LogP contribution is -2.47. The number of rotatable bonds is 3. The van der Waals surface area contributed by atoms with Gasteiger partial charge < -0.3 is 10.1 Å². The van der Waals surface area contributed by atoms with Crippen LogP contribution in [0.2, 0.25) is 0 Å². The topological polar surface area (TPSA) is 24.5 Å². The van der Waals surface area contributed by atoms with Crippen molar-refractivity contribution in [1.82, 2.24) is 10.2 Å². The summed E-state index contributed by atoms with van der Waals surface area (Å²) in [6.07, 6.45) is 0.230. The summed E-state index contributed by atoms with van der Waals surface area (Å²) in [5.74, 6) is 0. The van der Waals surface area contributed by atoms with E-state index in [4.69, 9.17) is 4.74 Å². The van der Waals surface area contributed by atoms with Crippen molar-refractivity contribution in [3.63, 3.8) is 0 Å².